The molecule has 0 fully saturated rings. The van der Waals surface area contributed by atoms with E-state index in [2.05, 4.69) is 20.2 Å². The zero-order chi connectivity index (χ0) is 27.3. The first-order valence-electron chi connectivity index (χ1n) is 10.7. The van der Waals surface area contributed by atoms with Crippen LogP contribution in [-0.4, -0.2) is 34.9 Å². The molecule has 15 heteroatoms. The lowest BCUT2D eigenvalue weighted by molar-refractivity contribution is -0.399. The summed E-state index contributed by atoms with van der Waals surface area (Å²) in [6, 6.07) is 18.6. The summed E-state index contributed by atoms with van der Waals surface area (Å²) >= 11 is 1.29. The van der Waals surface area contributed by atoms with Crippen LogP contribution in [0, 0.1) is 20.2 Å². The van der Waals surface area contributed by atoms with Gasteiger partial charge in [-0.1, -0.05) is 54.2 Å². The number of amides is 1. The third kappa shape index (κ3) is 5.63. The lowest BCUT2D eigenvalue weighted by atomic mass is 10.1. The number of nitrogens with zero attached hydrogens (tertiary/aromatic N) is 3. The van der Waals surface area contributed by atoms with E-state index in [0.717, 1.165) is 23.8 Å². The molecule has 4 rings (SSSR count). The normalized spacial score (nSPS) is 11.1. The van der Waals surface area contributed by atoms with Gasteiger partial charge in [0.05, 0.1) is 15.4 Å². The second kappa shape index (κ2) is 11.1. The van der Waals surface area contributed by atoms with E-state index in [9.17, 15) is 33.4 Å². The van der Waals surface area contributed by atoms with Crippen molar-refractivity contribution >= 4 is 51.1 Å². The van der Waals surface area contributed by atoms with Crippen LogP contribution in [0.4, 0.5) is 22.9 Å². The summed E-state index contributed by atoms with van der Waals surface area (Å²) in [4.78, 5) is 30.6. The summed E-state index contributed by atoms with van der Waals surface area (Å²) in [7, 11) is -4.81. The van der Waals surface area contributed by atoms with Crippen molar-refractivity contribution in [1.29, 1.82) is 0 Å². The number of benzene rings is 3. The number of aromatic amines is 1. The Balaban J connectivity index is 1.72. The van der Waals surface area contributed by atoms with Crippen LogP contribution in [-0.2, 0) is 20.6 Å². The van der Waals surface area contributed by atoms with Gasteiger partial charge in [-0.05, 0) is 29.3 Å². The number of aromatic nitrogens is 2. The molecule has 0 aliphatic carbocycles. The van der Waals surface area contributed by atoms with Gasteiger partial charge in [0.15, 0.2) is 0 Å². The van der Waals surface area contributed by atoms with Gasteiger partial charge in [0.1, 0.15) is 10.8 Å². The van der Waals surface area contributed by atoms with Crippen LogP contribution in [0.25, 0.3) is 11.1 Å². The third-order valence-electron chi connectivity index (χ3n) is 5.22. The highest BCUT2D eigenvalue weighted by Crippen LogP contribution is 2.39. The molecule has 0 aliphatic rings. The van der Waals surface area contributed by atoms with Crippen molar-refractivity contribution < 1.29 is 23.1 Å². The lowest BCUT2D eigenvalue weighted by Gasteiger charge is -2.10. The van der Waals surface area contributed by atoms with Crippen LogP contribution < -0.4 is 10.0 Å². The number of anilines is 2. The molecule has 0 saturated heterocycles. The SMILES string of the molecule is O=CNc1ccc(CSc2n[nH]c(NS(=O)(=O)c3c([N+](=O)[O-])cccc3[N+](=O)[O-])c2-c2ccccc2)cc1. The fourth-order valence-electron chi connectivity index (χ4n) is 3.55. The molecule has 0 spiro atoms. The van der Waals surface area contributed by atoms with Crippen molar-refractivity contribution in [2.24, 2.45) is 0 Å². The Morgan fingerprint density at radius 1 is 0.921 bits per heavy atom. The van der Waals surface area contributed by atoms with Gasteiger partial charge in [-0.3, -0.25) is 34.8 Å². The summed E-state index contributed by atoms with van der Waals surface area (Å²) in [5, 5.41) is 32.8. The predicted molar refractivity (Wildman–Crippen MR) is 140 cm³/mol. The smallest absolute Gasteiger partial charge is 0.297 e. The third-order valence-corrected chi connectivity index (χ3v) is 7.70. The minimum absolute atomic E-state index is 0.114. The molecule has 38 heavy (non-hydrogen) atoms. The Morgan fingerprint density at radius 3 is 2.13 bits per heavy atom. The Kier molecular flexibility index (Phi) is 7.68. The fraction of sp³-hybridized carbons (Fsp3) is 0.0435. The molecule has 0 saturated carbocycles. The molecule has 3 aromatic carbocycles. The molecule has 1 aromatic heterocycles. The topological polar surface area (TPSA) is 190 Å². The largest absolute Gasteiger partial charge is 0.329 e. The number of hydrogen-bond donors (Lipinski definition) is 3. The number of nitrogens with one attached hydrogen (secondary N) is 3. The zero-order valence-electron chi connectivity index (χ0n) is 19.2. The Hall–Kier alpha value is -4.76. The molecule has 0 bridgehead atoms. The van der Waals surface area contributed by atoms with Crippen molar-refractivity contribution in [3.05, 3.63) is 98.6 Å². The van der Waals surface area contributed by atoms with Crippen molar-refractivity contribution in [2.75, 3.05) is 10.0 Å². The molecule has 0 radical (unpaired) electrons. The molecular formula is C23H18N6O7S2. The number of hydrogen-bond acceptors (Lipinski definition) is 9. The lowest BCUT2D eigenvalue weighted by Crippen LogP contribution is -2.17. The molecule has 4 aromatic rings. The van der Waals surface area contributed by atoms with Gasteiger partial charge in [-0.15, -0.1) is 0 Å². The average molecular weight is 555 g/mol. The summed E-state index contributed by atoms with van der Waals surface area (Å²) < 4.78 is 28.8. The molecule has 1 amide bonds. The molecule has 0 unspecified atom stereocenters. The molecule has 13 nitrogen and oxygen atoms in total. The van der Waals surface area contributed by atoms with E-state index in [-0.39, 0.29) is 5.82 Å². The van der Waals surface area contributed by atoms with Gasteiger partial charge in [0.2, 0.25) is 11.3 Å². The summed E-state index contributed by atoms with van der Waals surface area (Å²) in [5.74, 6) is 0.324. The molecule has 1 heterocycles. The zero-order valence-corrected chi connectivity index (χ0v) is 20.9. The standard InChI is InChI=1S/C23H18N6O7S2/c30-14-24-17-11-9-15(10-12-17)13-37-23-20(16-5-2-1-3-6-16)22(25-26-23)27-38(35,36)21-18(28(31)32)7-4-8-19(21)29(33)34/h1-12,14H,13H2,(H,24,30)(H2,25,26,27). The second-order valence-electron chi connectivity index (χ2n) is 7.64. The van der Waals surface area contributed by atoms with Crippen LogP contribution >= 0.6 is 11.8 Å². The molecular weight excluding hydrogens is 536 g/mol. The van der Waals surface area contributed by atoms with Gasteiger partial charge >= 0.3 is 0 Å². The van der Waals surface area contributed by atoms with E-state index >= 15 is 0 Å². The average Bonchev–Trinajstić information content (AvgIpc) is 3.30. The number of nitro groups is 2. The number of thioether (sulfide) groups is 1. The quantitative estimate of drug-likeness (QED) is 0.103. The first-order chi connectivity index (χ1) is 18.2. The number of carbonyl (C=O) groups excluding carboxylic acids is 1. The minimum atomic E-state index is -4.81. The molecule has 194 valence electrons. The van der Waals surface area contributed by atoms with E-state index in [0.29, 0.717) is 34.0 Å². The van der Waals surface area contributed by atoms with E-state index in [4.69, 9.17) is 0 Å². The van der Waals surface area contributed by atoms with Gasteiger partial charge in [0, 0.05) is 23.6 Å². The first kappa shape index (κ1) is 26.3. The van der Waals surface area contributed by atoms with Gasteiger partial charge < -0.3 is 5.32 Å². The van der Waals surface area contributed by atoms with Crippen molar-refractivity contribution in [3.63, 3.8) is 0 Å². The highest BCUT2D eigenvalue weighted by Gasteiger charge is 2.36. The highest BCUT2D eigenvalue weighted by atomic mass is 32.2. The number of carbonyl (C=O) groups is 1. The van der Waals surface area contributed by atoms with Crippen LogP contribution in [0.3, 0.4) is 0 Å². The van der Waals surface area contributed by atoms with Crippen LogP contribution in [0.2, 0.25) is 0 Å². The second-order valence-corrected chi connectivity index (χ2v) is 10.2. The summed E-state index contributed by atoms with van der Waals surface area (Å²) in [6.07, 6.45) is 0.570. The fourth-order valence-corrected chi connectivity index (χ4v) is 5.88. The number of rotatable bonds is 11. The van der Waals surface area contributed by atoms with E-state index in [1.165, 1.54) is 11.8 Å². The van der Waals surface area contributed by atoms with Gasteiger partial charge in [-0.25, -0.2) is 8.42 Å². The Morgan fingerprint density at radius 2 is 1.55 bits per heavy atom. The number of H-pyrrole nitrogens is 1. The van der Waals surface area contributed by atoms with Crippen LogP contribution in [0.1, 0.15) is 5.56 Å². The van der Waals surface area contributed by atoms with Crippen molar-refractivity contribution in [1.82, 2.24) is 10.2 Å². The van der Waals surface area contributed by atoms with Gasteiger partial charge in [0.25, 0.3) is 21.4 Å². The monoisotopic (exact) mass is 554 g/mol. The van der Waals surface area contributed by atoms with Gasteiger partial charge in [-0.2, -0.15) is 5.10 Å². The highest BCUT2D eigenvalue weighted by molar-refractivity contribution is 7.98. The molecule has 0 aliphatic heterocycles. The Bertz CT molecular complexity index is 1570. The maximum Gasteiger partial charge on any atom is 0.297 e. The number of sulfonamides is 1. The van der Waals surface area contributed by atoms with E-state index in [1.54, 1.807) is 42.5 Å². The maximum atomic E-state index is 13.3. The maximum absolute atomic E-state index is 13.3. The van der Waals surface area contributed by atoms with Crippen molar-refractivity contribution in [3.8, 4) is 11.1 Å². The van der Waals surface area contributed by atoms with E-state index in [1.807, 2.05) is 12.1 Å². The van der Waals surface area contributed by atoms with Crippen LogP contribution in [0.5, 0.6) is 0 Å². The summed E-state index contributed by atoms with van der Waals surface area (Å²) in [5.41, 5.74) is 0.596. The first-order valence-corrected chi connectivity index (χ1v) is 13.2. The van der Waals surface area contributed by atoms with Crippen molar-refractivity contribution in [2.45, 2.75) is 15.7 Å². The molecule has 3 N–H and O–H groups in total. The minimum Gasteiger partial charge on any atom is -0.329 e. The number of nitro benzene ring substituents is 2. The van der Waals surface area contributed by atoms with E-state index < -0.39 is 36.1 Å². The van der Waals surface area contributed by atoms with Crippen LogP contribution in [0.15, 0.2) is 82.7 Å². The molecule has 0 atom stereocenters. The Labute approximate surface area is 219 Å². The predicted octanol–water partition coefficient (Wildman–Crippen LogP) is 4.55. The summed E-state index contributed by atoms with van der Waals surface area (Å²) in [6.45, 7) is 0.